The van der Waals surface area contributed by atoms with E-state index in [-0.39, 0.29) is 0 Å². The van der Waals surface area contributed by atoms with Crippen LogP contribution < -0.4 is 15.4 Å². The van der Waals surface area contributed by atoms with Crippen molar-refractivity contribution in [1.82, 2.24) is 10.6 Å². The van der Waals surface area contributed by atoms with Crippen LogP contribution >= 0.6 is 0 Å². The molecule has 3 heteroatoms. The lowest BCUT2D eigenvalue weighted by molar-refractivity contribution is 0.410. The Labute approximate surface area is 117 Å². The number of ether oxygens (including phenoxy) is 1. The van der Waals surface area contributed by atoms with E-state index in [9.17, 15) is 0 Å². The predicted octanol–water partition coefficient (Wildman–Crippen LogP) is 3.18. The summed E-state index contributed by atoms with van der Waals surface area (Å²) in [4.78, 5) is 0. The highest BCUT2D eigenvalue weighted by atomic mass is 16.5. The Balaban J connectivity index is 2.85. The first-order chi connectivity index (χ1) is 8.86. The van der Waals surface area contributed by atoms with Crippen LogP contribution in [-0.4, -0.2) is 13.2 Å². The summed E-state index contributed by atoms with van der Waals surface area (Å²) in [5.41, 5.74) is 5.03. The minimum Gasteiger partial charge on any atom is -0.496 e. The quantitative estimate of drug-likeness (QED) is 0.826. The monoisotopic (exact) mass is 262 g/mol. The van der Waals surface area contributed by atoms with Gasteiger partial charge in [-0.3, -0.25) is 0 Å². The SMILES string of the molecule is C=C(NCc1c(C)cc(OC)c(C)c1C)NC(C)C. The molecule has 0 saturated carbocycles. The number of aryl methyl sites for hydroxylation is 1. The molecule has 0 amide bonds. The van der Waals surface area contributed by atoms with Gasteiger partial charge >= 0.3 is 0 Å². The molecule has 3 nitrogen and oxygen atoms in total. The Morgan fingerprint density at radius 1 is 1.26 bits per heavy atom. The van der Waals surface area contributed by atoms with E-state index < -0.39 is 0 Å². The molecular formula is C16H26N2O. The fraction of sp³-hybridized carbons (Fsp3) is 0.500. The summed E-state index contributed by atoms with van der Waals surface area (Å²) in [6, 6.07) is 2.48. The highest BCUT2D eigenvalue weighted by Crippen LogP contribution is 2.27. The summed E-state index contributed by atoms with van der Waals surface area (Å²) in [5.74, 6) is 1.82. The van der Waals surface area contributed by atoms with Crippen LogP contribution in [0.15, 0.2) is 18.5 Å². The third-order valence-corrected chi connectivity index (χ3v) is 3.37. The lowest BCUT2D eigenvalue weighted by Gasteiger charge is -2.19. The summed E-state index contributed by atoms with van der Waals surface area (Å²) in [6.45, 7) is 15.3. The smallest absolute Gasteiger partial charge is 0.122 e. The van der Waals surface area contributed by atoms with Crippen LogP contribution in [0.1, 0.15) is 36.1 Å². The van der Waals surface area contributed by atoms with Gasteiger partial charge in [-0.2, -0.15) is 0 Å². The molecule has 0 spiro atoms. The second kappa shape index (κ2) is 6.50. The van der Waals surface area contributed by atoms with Crippen LogP contribution in [-0.2, 0) is 6.54 Å². The van der Waals surface area contributed by atoms with Crippen molar-refractivity contribution in [3.8, 4) is 5.75 Å². The standard InChI is InChI=1S/C16H26N2O/c1-10(2)18-14(6)17-9-15-11(3)8-16(19-7)13(5)12(15)4/h8,10,17-18H,6,9H2,1-5,7H3. The minimum absolute atomic E-state index is 0.389. The van der Waals surface area contributed by atoms with Crippen molar-refractivity contribution in [3.63, 3.8) is 0 Å². The fourth-order valence-corrected chi connectivity index (χ4v) is 2.18. The summed E-state index contributed by atoms with van der Waals surface area (Å²) >= 11 is 0. The van der Waals surface area contributed by atoms with Gasteiger partial charge in [-0.1, -0.05) is 6.58 Å². The van der Waals surface area contributed by atoms with Crippen molar-refractivity contribution in [2.75, 3.05) is 7.11 Å². The molecule has 0 aliphatic heterocycles. The summed E-state index contributed by atoms with van der Waals surface area (Å²) < 4.78 is 5.39. The van der Waals surface area contributed by atoms with E-state index in [1.807, 2.05) is 0 Å². The van der Waals surface area contributed by atoms with Crippen LogP contribution in [0.5, 0.6) is 5.75 Å². The van der Waals surface area contributed by atoms with Gasteiger partial charge in [0.15, 0.2) is 0 Å². The van der Waals surface area contributed by atoms with E-state index in [0.29, 0.717) is 6.04 Å². The maximum absolute atomic E-state index is 5.39. The van der Waals surface area contributed by atoms with Crippen molar-refractivity contribution in [1.29, 1.82) is 0 Å². The summed E-state index contributed by atoms with van der Waals surface area (Å²) in [5, 5.41) is 6.59. The normalized spacial score (nSPS) is 10.5. The zero-order valence-corrected chi connectivity index (χ0v) is 13.0. The van der Waals surface area contributed by atoms with Crippen LogP contribution in [0.4, 0.5) is 0 Å². The second-order valence-electron chi connectivity index (χ2n) is 5.26. The number of nitrogens with one attached hydrogen (secondary N) is 2. The molecule has 1 rings (SSSR count). The fourth-order valence-electron chi connectivity index (χ4n) is 2.18. The largest absolute Gasteiger partial charge is 0.496 e. The van der Waals surface area contributed by atoms with Crippen LogP contribution in [0.25, 0.3) is 0 Å². The van der Waals surface area contributed by atoms with E-state index in [1.165, 1.54) is 22.3 Å². The Morgan fingerprint density at radius 3 is 2.42 bits per heavy atom. The Bertz CT molecular complexity index is 464. The molecule has 0 bridgehead atoms. The molecule has 0 heterocycles. The molecule has 2 N–H and O–H groups in total. The molecule has 1 aromatic carbocycles. The molecule has 0 aliphatic rings. The van der Waals surface area contributed by atoms with Gasteiger partial charge < -0.3 is 15.4 Å². The molecular weight excluding hydrogens is 236 g/mol. The molecule has 0 fully saturated rings. The van der Waals surface area contributed by atoms with Gasteiger partial charge in [0, 0.05) is 12.6 Å². The number of hydrogen-bond acceptors (Lipinski definition) is 3. The topological polar surface area (TPSA) is 33.3 Å². The third-order valence-electron chi connectivity index (χ3n) is 3.37. The molecule has 0 aliphatic carbocycles. The van der Waals surface area contributed by atoms with Crippen LogP contribution in [0.2, 0.25) is 0 Å². The highest BCUT2D eigenvalue weighted by Gasteiger charge is 2.10. The van der Waals surface area contributed by atoms with Crippen molar-refractivity contribution in [3.05, 3.63) is 40.7 Å². The van der Waals surface area contributed by atoms with E-state index in [2.05, 4.69) is 57.9 Å². The predicted molar refractivity (Wildman–Crippen MR) is 81.5 cm³/mol. The third kappa shape index (κ3) is 3.91. The first kappa shape index (κ1) is 15.4. The molecule has 1 aromatic rings. The van der Waals surface area contributed by atoms with E-state index >= 15 is 0 Å². The molecule has 0 radical (unpaired) electrons. The average molecular weight is 262 g/mol. The number of hydrogen-bond donors (Lipinski definition) is 2. The van der Waals surface area contributed by atoms with Gasteiger partial charge in [-0.05, 0) is 62.9 Å². The van der Waals surface area contributed by atoms with Crippen LogP contribution in [0, 0.1) is 20.8 Å². The zero-order chi connectivity index (χ0) is 14.6. The first-order valence-electron chi connectivity index (χ1n) is 6.69. The van der Waals surface area contributed by atoms with Crippen molar-refractivity contribution in [2.24, 2.45) is 0 Å². The maximum atomic E-state index is 5.39. The summed E-state index contributed by atoms with van der Waals surface area (Å²) in [6.07, 6.45) is 0. The van der Waals surface area contributed by atoms with Gasteiger partial charge in [0.2, 0.25) is 0 Å². The van der Waals surface area contributed by atoms with Gasteiger partial charge in [-0.15, -0.1) is 0 Å². The zero-order valence-electron chi connectivity index (χ0n) is 13.0. The minimum atomic E-state index is 0.389. The Morgan fingerprint density at radius 2 is 1.89 bits per heavy atom. The first-order valence-corrected chi connectivity index (χ1v) is 6.69. The number of methoxy groups -OCH3 is 1. The van der Waals surface area contributed by atoms with Gasteiger partial charge in [0.1, 0.15) is 5.75 Å². The Kier molecular flexibility index (Phi) is 5.28. The molecule has 0 unspecified atom stereocenters. The molecule has 19 heavy (non-hydrogen) atoms. The number of rotatable bonds is 6. The summed E-state index contributed by atoms with van der Waals surface area (Å²) in [7, 11) is 1.72. The van der Waals surface area contributed by atoms with Gasteiger partial charge in [0.05, 0.1) is 12.9 Å². The van der Waals surface area contributed by atoms with E-state index in [4.69, 9.17) is 4.74 Å². The lowest BCUT2D eigenvalue weighted by atomic mass is 9.97. The second-order valence-corrected chi connectivity index (χ2v) is 5.26. The maximum Gasteiger partial charge on any atom is 0.122 e. The molecule has 106 valence electrons. The molecule has 0 aromatic heterocycles. The van der Waals surface area contributed by atoms with Gasteiger partial charge in [-0.25, -0.2) is 0 Å². The highest BCUT2D eigenvalue weighted by molar-refractivity contribution is 5.48. The Hall–Kier alpha value is -1.64. The average Bonchev–Trinajstić information content (AvgIpc) is 2.32. The van der Waals surface area contributed by atoms with Crippen LogP contribution in [0.3, 0.4) is 0 Å². The van der Waals surface area contributed by atoms with E-state index in [0.717, 1.165) is 18.1 Å². The van der Waals surface area contributed by atoms with Gasteiger partial charge in [0.25, 0.3) is 0 Å². The van der Waals surface area contributed by atoms with E-state index in [1.54, 1.807) is 7.11 Å². The van der Waals surface area contributed by atoms with Crippen molar-refractivity contribution < 1.29 is 4.74 Å². The van der Waals surface area contributed by atoms with Crippen molar-refractivity contribution >= 4 is 0 Å². The lowest BCUT2D eigenvalue weighted by Crippen LogP contribution is -2.30. The molecule has 0 atom stereocenters. The number of benzene rings is 1. The molecule has 0 saturated heterocycles. The van der Waals surface area contributed by atoms with Crippen molar-refractivity contribution in [2.45, 2.75) is 47.2 Å².